The zero-order chi connectivity index (χ0) is 12.5. The van der Waals surface area contributed by atoms with Crippen LogP contribution in [0.5, 0.6) is 5.75 Å². The summed E-state index contributed by atoms with van der Waals surface area (Å²) in [5.74, 6) is 0.893. The maximum Gasteiger partial charge on any atom is 0.143 e. The smallest absolute Gasteiger partial charge is 0.143 e. The normalized spacial score (nSPS) is 18.8. The second-order valence-corrected chi connectivity index (χ2v) is 4.78. The lowest BCUT2D eigenvalue weighted by Gasteiger charge is -2.38. The standard InChI is InChI=1S/C14H21NO2/c1-4-14(5-2)9-15-12-8-11(10(3)16)6-7-13(12)17-14/h6-8,10,15-16H,4-5,9H2,1-3H3. The number of benzene rings is 1. The zero-order valence-electron chi connectivity index (χ0n) is 10.8. The molecule has 1 aromatic rings. The molecule has 1 atom stereocenters. The van der Waals surface area contributed by atoms with Crippen molar-refractivity contribution in [2.75, 3.05) is 11.9 Å². The molecule has 17 heavy (non-hydrogen) atoms. The first-order chi connectivity index (χ1) is 8.10. The fraction of sp³-hybridized carbons (Fsp3) is 0.571. The molecular formula is C14H21NO2. The number of ether oxygens (including phenoxy) is 1. The van der Waals surface area contributed by atoms with E-state index >= 15 is 0 Å². The minimum absolute atomic E-state index is 0.0840. The lowest BCUT2D eigenvalue weighted by molar-refractivity contribution is 0.0669. The van der Waals surface area contributed by atoms with Crippen molar-refractivity contribution >= 4 is 5.69 Å². The minimum Gasteiger partial charge on any atom is -0.483 e. The van der Waals surface area contributed by atoms with Gasteiger partial charge in [0.2, 0.25) is 0 Å². The van der Waals surface area contributed by atoms with Gasteiger partial charge in [-0.25, -0.2) is 0 Å². The molecule has 1 aliphatic rings. The summed E-state index contributed by atoms with van der Waals surface area (Å²) in [4.78, 5) is 0. The lowest BCUT2D eigenvalue weighted by atomic mass is 9.95. The number of fused-ring (bicyclic) bond motifs is 1. The molecule has 0 amide bonds. The van der Waals surface area contributed by atoms with E-state index < -0.39 is 6.10 Å². The number of rotatable bonds is 3. The molecule has 0 spiro atoms. The molecule has 0 aliphatic carbocycles. The Morgan fingerprint density at radius 2 is 2.12 bits per heavy atom. The molecule has 0 saturated heterocycles. The van der Waals surface area contributed by atoms with Crippen molar-refractivity contribution in [3.05, 3.63) is 23.8 Å². The van der Waals surface area contributed by atoms with Crippen LogP contribution in [0.25, 0.3) is 0 Å². The molecule has 0 radical (unpaired) electrons. The largest absolute Gasteiger partial charge is 0.483 e. The van der Waals surface area contributed by atoms with E-state index in [2.05, 4.69) is 19.2 Å². The Morgan fingerprint density at radius 3 is 2.71 bits per heavy atom. The molecule has 3 heteroatoms. The van der Waals surface area contributed by atoms with Crippen LogP contribution in [0.15, 0.2) is 18.2 Å². The van der Waals surface area contributed by atoms with E-state index in [9.17, 15) is 5.11 Å². The first-order valence-corrected chi connectivity index (χ1v) is 6.35. The minimum atomic E-state index is -0.439. The lowest BCUT2D eigenvalue weighted by Crippen LogP contribution is -2.44. The Labute approximate surface area is 103 Å². The number of anilines is 1. The van der Waals surface area contributed by atoms with Gasteiger partial charge in [0.05, 0.1) is 18.3 Å². The molecule has 1 aliphatic heterocycles. The maximum absolute atomic E-state index is 9.55. The molecule has 3 nitrogen and oxygen atoms in total. The molecule has 94 valence electrons. The van der Waals surface area contributed by atoms with Gasteiger partial charge in [-0.1, -0.05) is 19.9 Å². The predicted molar refractivity (Wildman–Crippen MR) is 69.5 cm³/mol. The Bertz CT molecular complexity index is 397. The van der Waals surface area contributed by atoms with Gasteiger partial charge in [0, 0.05) is 0 Å². The van der Waals surface area contributed by atoms with Crippen LogP contribution < -0.4 is 10.1 Å². The van der Waals surface area contributed by atoms with E-state index in [4.69, 9.17) is 4.74 Å². The summed E-state index contributed by atoms with van der Waals surface area (Å²) < 4.78 is 6.11. The van der Waals surface area contributed by atoms with E-state index in [1.807, 2.05) is 18.2 Å². The van der Waals surface area contributed by atoms with Crippen LogP contribution in [0, 0.1) is 0 Å². The predicted octanol–water partition coefficient (Wildman–Crippen LogP) is 3.10. The van der Waals surface area contributed by atoms with Gasteiger partial charge in [-0.15, -0.1) is 0 Å². The van der Waals surface area contributed by atoms with Crippen molar-refractivity contribution in [2.45, 2.75) is 45.3 Å². The molecule has 2 N–H and O–H groups in total. The highest BCUT2D eigenvalue weighted by atomic mass is 16.5. The summed E-state index contributed by atoms with van der Waals surface area (Å²) in [7, 11) is 0. The van der Waals surface area contributed by atoms with E-state index in [0.29, 0.717) is 0 Å². The summed E-state index contributed by atoms with van der Waals surface area (Å²) in [6.07, 6.45) is 1.55. The third kappa shape index (κ3) is 2.25. The quantitative estimate of drug-likeness (QED) is 0.846. The molecule has 1 aromatic carbocycles. The van der Waals surface area contributed by atoms with Crippen LogP contribution in [0.2, 0.25) is 0 Å². The monoisotopic (exact) mass is 235 g/mol. The highest BCUT2D eigenvalue weighted by molar-refractivity contribution is 5.60. The Hall–Kier alpha value is -1.22. The van der Waals surface area contributed by atoms with Gasteiger partial charge in [-0.05, 0) is 37.5 Å². The van der Waals surface area contributed by atoms with Crippen molar-refractivity contribution in [3.8, 4) is 5.75 Å². The zero-order valence-corrected chi connectivity index (χ0v) is 10.8. The SMILES string of the molecule is CCC1(CC)CNc2cc(C(C)O)ccc2O1. The average Bonchev–Trinajstić information content (AvgIpc) is 2.37. The van der Waals surface area contributed by atoms with Gasteiger partial charge in [0.25, 0.3) is 0 Å². The Kier molecular flexibility index (Phi) is 3.29. The van der Waals surface area contributed by atoms with Gasteiger partial charge < -0.3 is 15.2 Å². The van der Waals surface area contributed by atoms with Crippen molar-refractivity contribution in [3.63, 3.8) is 0 Å². The second kappa shape index (κ2) is 4.57. The van der Waals surface area contributed by atoms with Crippen LogP contribution in [0.3, 0.4) is 0 Å². The molecule has 0 fully saturated rings. The molecular weight excluding hydrogens is 214 g/mol. The average molecular weight is 235 g/mol. The second-order valence-electron chi connectivity index (χ2n) is 4.78. The molecule has 1 heterocycles. The summed E-state index contributed by atoms with van der Waals surface area (Å²) in [5, 5.41) is 13.0. The summed E-state index contributed by atoms with van der Waals surface area (Å²) in [6.45, 7) is 6.91. The van der Waals surface area contributed by atoms with E-state index in [1.165, 1.54) is 0 Å². The first kappa shape index (κ1) is 12.2. The van der Waals surface area contributed by atoms with Crippen LogP contribution in [0.4, 0.5) is 5.69 Å². The maximum atomic E-state index is 9.55. The van der Waals surface area contributed by atoms with E-state index in [-0.39, 0.29) is 5.60 Å². The highest BCUT2D eigenvalue weighted by Gasteiger charge is 2.32. The van der Waals surface area contributed by atoms with Crippen molar-refractivity contribution < 1.29 is 9.84 Å². The number of hydrogen-bond acceptors (Lipinski definition) is 3. The van der Waals surface area contributed by atoms with Crippen molar-refractivity contribution in [2.24, 2.45) is 0 Å². The van der Waals surface area contributed by atoms with Gasteiger partial charge >= 0.3 is 0 Å². The van der Waals surface area contributed by atoms with Crippen LogP contribution in [-0.2, 0) is 0 Å². The van der Waals surface area contributed by atoms with Crippen molar-refractivity contribution in [1.82, 2.24) is 0 Å². The summed E-state index contributed by atoms with van der Waals surface area (Å²) >= 11 is 0. The Morgan fingerprint density at radius 1 is 1.41 bits per heavy atom. The van der Waals surface area contributed by atoms with Gasteiger partial charge in [0.15, 0.2) is 0 Å². The molecule has 0 aromatic heterocycles. The van der Waals surface area contributed by atoms with Gasteiger partial charge in [-0.2, -0.15) is 0 Å². The summed E-state index contributed by atoms with van der Waals surface area (Å²) in [6, 6.07) is 5.84. The fourth-order valence-electron chi connectivity index (χ4n) is 2.20. The molecule has 1 unspecified atom stereocenters. The highest BCUT2D eigenvalue weighted by Crippen LogP contribution is 2.37. The van der Waals surface area contributed by atoms with Gasteiger partial charge in [-0.3, -0.25) is 0 Å². The Balaban J connectivity index is 2.28. The third-order valence-electron chi connectivity index (χ3n) is 3.70. The van der Waals surface area contributed by atoms with Crippen LogP contribution >= 0.6 is 0 Å². The van der Waals surface area contributed by atoms with Gasteiger partial charge in [0.1, 0.15) is 11.4 Å². The fourth-order valence-corrected chi connectivity index (χ4v) is 2.20. The first-order valence-electron chi connectivity index (χ1n) is 6.35. The van der Waals surface area contributed by atoms with E-state index in [0.717, 1.165) is 36.4 Å². The van der Waals surface area contributed by atoms with Crippen LogP contribution in [-0.4, -0.2) is 17.3 Å². The molecule has 2 rings (SSSR count). The number of nitrogens with one attached hydrogen (secondary N) is 1. The number of hydrogen-bond donors (Lipinski definition) is 2. The third-order valence-corrected chi connectivity index (χ3v) is 3.70. The molecule has 0 saturated carbocycles. The van der Waals surface area contributed by atoms with E-state index in [1.54, 1.807) is 6.92 Å². The number of aliphatic hydroxyl groups excluding tert-OH is 1. The van der Waals surface area contributed by atoms with Crippen molar-refractivity contribution in [1.29, 1.82) is 0 Å². The van der Waals surface area contributed by atoms with Crippen LogP contribution in [0.1, 0.15) is 45.3 Å². The summed E-state index contributed by atoms with van der Waals surface area (Å²) in [5.41, 5.74) is 1.82. The topological polar surface area (TPSA) is 41.5 Å². The number of aliphatic hydroxyl groups is 1. The molecule has 0 bridgehead atoms.